The van der Waals surface area contributed by atoms with Gasteiger partial charge in [-0.15, -0.1) is 0 Å². The Hall–Kier alpha value is -2.49. The van der Waals surface area contributed by atoms with Crippen molar-refractivity contribution in [2.24, 2.45) is 11.8 Å². The number of aromatic nitrogens is 2. The molecular weight excluding hydrogens is 470 g/mol. The van der Waals surface area contributed by atoms with E-state index < -0.39 is 0 Å². The van der Waals surface area contributed by atoms with Gasteiger partial charge >= 0.3 is 0 Å². The molecule has 2 amide bonds. The number of methoxy groups -OCH3 is 1. The van der Waals surface area contributed by atoms with E-state index in [4.69, 9.17) is 14.5 Å². The van der Waals surface area contributed by atoms with Gasteiger partial charge in [-0.3, -0.25) is 9.59 Å². The molecule has 204 valence electrons. The van der Waals surface area contributed by atoms with Crippen molar-refractivity contribution >= 4 is 22.8 Å². The fraction of sp³-hybridized carbons (Fsp3) is 0.679. The first-order valence-corrected chi connectivity index (χ1v) is 13.8. The van der Waals surface area contributed by atoms with Crippen molar-refractivity contribution in [3.05, 3.63) is 30.1 Å². The topological polar surface area (TPSA) is 88.9 Å². The number of nitrogens with zero attached hydrogens (tertiary/aromatic N) is 4. The van der Waals surface area contributed by atoms with E-state index in [1.165, 1.54) is 0 Å². The zero-order valence-corrected chi connectivity index (χ0v) is 22.7. The number of amides is 2. The van der Waals surface area contributed by atoms with Crippen molar-refractivity contribution in [1.29, 1.82) is 0 Å². The molecule has 37 heavy (non-hydrogen) atoms. The van der Waals surface area contributed by atoms with Crippen molar-refractivity contribution in [1.82, 2.24) is 24.7 Å². The number of fused-ring (bicyclic) bond motifs is 1. The molecule has 0 bridgehead atoms. The second-order valence-electron chi connectivity index (χ2n) is 10.7. The van der Waals surface area contributed by atoms with Crippen LogP contribution < -0.4 is 5.32 Å². The first-order chi connectivity index (χ1) is 18.0. The van der Waals surface area contributed by atoms with Crippen LogP contribution in [0.5, 0.6) is 0 Å². The maximum atomic E-state index is 14.2. The van der Waals surface area contributed by atoms with Crippen LogP contribution in [0.1, 0.15) is 50.1 Å². The molecule has 2 atom stereocenters. The molecule has 2 aliphatic rings. The van der Waals surface area contributed by atoms with E-state index in [1.54, 1.807) is 7.11 Å². The third kappa shape index (κ3) is 6.89. The lowest BCUT2D eigenvalue weighted by Crippen LogP contribution is -2.56. The lowest BCUT2D eigenvalue weighted by molar-refractivity contribution is -0.140. The summed E-state index contributed by atoms with van der Waals surface area (Å²) in [5.41, 5.74) is 1.83. The standard InChI is InChI=1S/C28H43N5O4/c1-21(2)20-33(23-17-22(18-29-19-23)27(34)31-12-15-37-16-13-31)28(35)26-30-24-9-5-6-10-25(24)32(26)11-7-4-8-14-36-3/h5-6,9-10,21-23,29H,4,7-8,11-20H2,1-3H3/t22-,23+/m1/s1. The Bertz CT molecular complexity index is 1030. The highest BCUT2D eigenvalue weighted by molar-refractivity contribution is 5.95. The summed E-state index contributed by atoms with van der Waals surface area (Å²) in [6, 6.07) is 7.91. The van der Waals surface area contributed by atoms with Gasteiger partial charge in [0.15, 0.2) is 5.82 Å². The summed E-state index contributed by atoms with van der Waals surface area (Å²) in [4.78, 5) is 36.1. The SMILES string of the molecule is COCCCCCn1c(C(=O)N(CC(C)C)[C@@H]2CNC[C@H](C(=O)N3CCOCC3)C2)nc2ccccc21. The molecule has 2 fully saturated rings. The molecule has 4 rings (SSSR count). The molecule has 9 nitrogen and oxygen atoms in total. The van der Waals surface area contributed by atoms with Gasteiger partial charge < -0.3 is 29.2 Å². The molecule has 0 aliphatic carbocycles. The summed E-state index contributed by atoms with van der Waals surface area (Å²) < 4.78 is 12.7. The Morgan fingerprint density at radius 3 is 2.70 bits per heavy atom. The minimum Gasteiger partial charge on any atom is -0.385 e. The van der Waals surface area contributed by atoms with E-state index >= 15 is 0 Å². The zero-order valence-electron chi connectivity index (χ0n) is 22.7. The average Bonchev–Trinajstić information content (AvgIpc) is 3.30. The molecule has 1 N–H and O–H groups in total. The highest BCUT2D eigenvalue weighted by Crippen LogP contribution is 2.24. The van der Waals surface area contributed by atoms with Crippen LogP contribution in [0.3, 0.4) is 0 Å². The van der Waals surface area contributed by atoms with Crippen LogP contribution in [-0.4, -0.2) is 96.9 Å². The number of carbonyl (C=O) groups is 2. The number of para-hydroxylation sites is 2. The van der Waals surface area contributed by atoms with Crippen LogP contribution >= 0.6 is 0 Å². The molecule has 2 aromatic rings. The number of carbonyl (C=O) groups excluding carboxylic acids is 2. The van der Waals surface area contributed by atoms with Crippen LogP contribution in [0.15, 0.2) is 24.3 Å². The van der Waals surface area contributed by atoms with Crippen LogP contribution in [0, 0.1) is 11.8 Å². The molecule has 2 saturated heterocycles. The van der Waals surface area contributed by atoms with E-state index in [2.05, 4.69) is 23.7 Å². The monoisotopic (exact) mass is 513 g/mol. The predicted octanol–water partition coefficient (Wildman–Crippen LogP) is 2.79. The first-order valence-electron chi connectivity index (χ1n) is 13.8. The van der Waals surface area contributed by atoms with Crippen LogP contribution in [0.4, 0.5) is 0 Å². The molecule has 1 aromatic heterocycles. The predicted molar refractivity (Wildman–Crippen MR) is 143 cm³/mol. The normalized spacial score (nSPS) is 20.5. The van der Waals surface area contributed by atoms with E-state index in [1.807, 2.05) is 34.1 Å². The Balaban J connectivity index is 1.55. The second kappa shape index (κ2) is 13.3. The van der Waals surface area contributed by atoms with Crippen molar-refractivity contribution in [3.8, 4) is 0 Å². The van der Waals surface area contributed by atoms with Gasteiger partial charge in [0.2, 0.25) is 5.91 Å². The molecule has 3 heterocycles. The summed E-state index contributed by atoms with van der Waals surface area (Å²) in [6.07, 6.45) is 3.65. The lowest BCUT2D eigenvalue weighted by Gasteiger charge is -2.40. The smallest absolute Gasteiger partial charge is 0.290 e. The molecule has 0 saturated carbocycles. The number of ether oxygens (including phenoxy) is 2. The molecule has 9 heteroatoms. The number of nitrogens with one attached hydrogen (secondary N) is 1. The number of morpholine rings is 1. The zero-order chi connectivity index (χ0) is 26.2. The maximum absolute atomic E-state index is 14.2. The number of unbranched alkanes of at least 4 members (excludes halogenated alkanes) is 2. The summed E-state index contributed by atoms with van der Waals surface area (Å²) in [5.74, 6) is 0.772. The molecular formula is C28H43N5O4. The fourth-order valence-electron chi connectivity index (χ4n) is 5.46. The van der Waals surface area contributed by atoms with Crippen molar-refractivity contribution in [2.75, 3.05) is 59.7 Å². The third-order valence-electron chi connectivity index (χ3n) is 7.34. The average molecular weight is 514 g/mol. The van der Waals surface area contributed by atoms with E-state index in [0.717, 1.165) is 43.4 Å². The van der Waals surface area contributed by atoms with Gasteiger partial charge in [-0.05, 0) is 43.7 Å². The van der Waals surface area contributed by atoms with Crippen molar-refractivity contribution in [3.63, 3.8) is 0 Å². The first kappa shape index (κ1) is 27.5. The Morgan fingerprint density at radius 1 is 1.16 bits per heavy atom. The largest absolute Gasteiger partial charge is 0.385 e. The molecule has 0 spiro atoms. The van der Waals surface area contributed by atoms with Gasteiger partial charge in [0.05, 0.1) is 30.2 Å². The third-order valence-corrected chi connectivity index (χ3v) is 7.34. The number of hydrogen-bond acceptors (Lipinski definition) is 6. The number of benzene rings is 1. The van der Waals surface area contributed by atoms with Crippen LogP contribution in [0.25, 0.3) is 11.0 Å². The van der Waals surface area contributed by atoms with E-state index in [-0.39, 0.29) is 23.8 Å². The van der Waals surface area contributed by atoms with Crippen molar-refractivity contribution in [2.45, 2.75) is 52.1 Å². The number of piperidine rings is 1. The number of hydrogen-bond donors (Lipinski definition) is 1. The van der Waals surface area contributed by atoms with E-state index in [0.29, 0.717) is 64.1 Å². The Morgan fingerprint density at radius 2 is 1.95 bits per heavy atom. The highest BCUT2D eigenvalue weighted by atomic mass is 16.5. The quantitative estimate of drug-likeness (QED) is 0.465. The highest BCUT2D eigenvalue weighted by Gasteiger charge is 2.36. The number of aryl methyl sites for hydroxylation is 1. The van der Waals surface area contributed by atoms with Gasteiger partial charge in [-0.25, -0.2) is 4.98 Å². The summed E-state index contributed by atoms with van der Waals surface area (Å²) in [6.45, 7) is 10.2. The van der Waals surface area contributed by atoms with Crippen LogP contribution in [-0.2, 0) is 20.8 Å². The second-order valence-corrected chi connectivity index (χ2v) is 10.7. The molecule has 1 aromatic carbocycles. The minimum absolute atomic E-state index is 0.0481. The van der Waals surface area contributed by atoms with Crippen molar-refractivity contribution < 1.29 is 19.1 Å². The van der Waals surface area contributed by atoms with Gasteiger partial charge in [-0.2, -0.15) is 0 Å². The number of rotatable bonds is 11. The minimum atomic E-state index is -0.140. The number of imidazole rings is 1. The molecule has 2 aliphatic heterocycles. The summed E-state index contributed by atoms with van der Waals surface area (Å²) >= 11 is 0. The van der Waals surface area contributed by atoms with Gasteiger partial charge in [0, 0.05) is 59.0 Å². The molecule has 0 radical (unpaired) electrons. The summed E-state index contributed by atoms with van der Waals surface area (Å²) in [5, 5.41) is 3.45. The van der Waals surface area contributed by atoms with E-state index in [9.17, 15) is 9.59 Å². The van der Waals surface area contributed by atoms with Crippen LogP contribution in [0.2, 0.25) is 0 Å². The van der Waals surface area contributed by atoms with Gasteiger partial charge in [-0.1, -0.05) is 26.0 Å². The molecule has 0 unspecified atom stereocenters. The van der Waals surface area contributed by atoms with Gasteiger partial charge in [0.25, 0.3) is 5.91 Å². The van der Waals surface area contributed by atoms with Gasteiger partial charge in [0.1, 0.15) is 0 Å². The Kier molecular flexibility index (Phi) is 9.94. The Labute approximate surface area is 220 Å². The lowest BCUT2D eigenvalue weighted by atomic mass is 9.92. The fourth-order valence-corrected chi connectivity index (χ4v) is 5.46. The summed E-state index contributed by atoms with van der Waals surface area (Å²) in [7, 11) is 1.72. The maximum Gasteiger partial charge on any atom is 0.290 e.